The van der Waals surface area contributed by atoms with Crippen molar-refractivity contribution in [2.45, 2.75) is 40.3 Å². The van der Waals surface area contributed by atoms with Crippen molar-refractivity contribution in [2.24, 2.45) is 4.99 Å². The third kappa shape index (κ3) is 6.84. The Kier molecular flexibility index (Phi) is 10.4. The lowest BCUT2D eigenvalue weighted by Crippen LogP contribution is -2.40. The molecule has 0 bridgehead atoms. The summed E-state index contributed by atoms with van der Waals surface area (Å²) in [6.07, 6.45) is 1.79. The van der Waals surface area contributed by atoms with Gasteiger partial charge in [0.05, 0.1) is 22.4 Å². The maximum absolute atomic E-state index is 14.2. The number of benzene rings is 3. The van der Waals surface area contributed by atoms with Gasteiger partial charge in [-0.3, -0.25) is 9.36 Å². The van der Waals surface area contributed by atoms with Crippen LogP contribution in [0.3, 0.4) is 0 Å². The third-order valence-corrected chi connectivity index (χ3v) is 9.44. The van der Waals surface area contributed by atoms with Crippen LogP contribution in [0.2, 0.25) is 15.1 Å². The van der Waals surface area contributed by atoms with Crippen molar-refractivity contribution in [3.05, 3.63) is 123 Å². The number of thiazole rings is 1. The summed E-state index contributed by atoms with van der Waals surface area (Å²) in [6.45, 7) is 9.69. The van der Waals surface area contributed by atoms with E-state index in [2.05, 4.69) is 23.7 Å². The van der Waals surface area contributed by atoms with Crippen molar-refractivity contribution in [1.82, 2.24) is 4.57 Å². The first kappa shape index (κ1) is 32.8. The molecule has 0 radical (unpaired) electrons. The number of anilines is 1. The average molecular weight is 685 g/mol. The molecular formula is C34H32Cl3N3O4S. The standard InChI is InChI=1S/C34H32Cl3N3O4S/c1-5-39(6-2)24-15-13-21(28(18-24)44-19-22-12-14-23(35)17-27(22)37)16-29-32(41)40-31(25-10-8-9-11-26(25)36)30(33(42)43-7-3)20(4)38-34(40)45-29/h8-18,31H,5-7,19H2,1-4H3/b29-16-/t31-/m0/s1. The molecule has 0 fully saturated rings. The highest BCUT2D eigenvalue weighted by Crippen LogP contribution is 2.35. The molecule has 1 aliphatic heterocycles. The number of hydrogen-bond donors (Lipinski definition) is 0. The van der Waals surface area contributed by atoms with E-state index in [0.29, 0.717) is 47.0 Å². The first-order valence-corrected chi connectivity index (χ1v) is 16.5. The summed E-state index contributed by atoms with van der Waals surface area (Å²) in [5.74, 6) is 0.0452. The van der Waals surface area contributed by atoms with Gasteiger partial charge in [-0.1, -0.05) is 70.4 Å². The van der Waals surface area contributed by atoms with Crippen LogP contribution in [0, 0.1) is 0 Å². The van der Waals surface area contributed by atoms with Gasteiger partial charge < -0.3 is 14.4 Å². The van der Waals surface area contributed by atoms with Gasteiger partial charge in [-0.05, 0) is 69.7 Å². The highest BCUT2D eigenvalue weighted by molar-refractivity contribution is 7.07. The number of hydrogen-bond acceptors (Lipinski definition) is 7. The first-order valence-electron chi connectivity index (χ1n) is 14.6. The van der Waals surface area contributed by atoms with E-state index in [1.807, 2.05) is 36.4 Å². The molecule has 234 valence electrons. The molecule has 1 aromatic heterocycles. The van der Waals surface area contributed by atoms with Crippen LogP contribution in [0.25, 0.3) is 6.08 Å². The molecular weight excluding hydrogens is 653 g/mol. The largest absolute Gasteiger partial charge is 0.488 e. The van der Waals surface area contributed by atoms with E-state index in [0.717, 1.165) is 24.3 Å². The van der Waals surface area contributed by atoms with Crippen LogP contribution in [0.5, 0.6) is 5.75 Å². The fourth-order valence-corrected chi connectivity index (χ4v) is 7.01. The molecule has 1 aliphatic rings. The quantitative estimate of drug-likeness (QED) is 0.166. The van der Waals surface area contributed by atoms with E-state index in [4.69, 9.17) is 44.3 Å². The van der Waals surface area contributed by atoms with E-state index in [1.54, 1.807) is 44.2 Å². The Morgan fingerprint density at radius 3 is 2.47 bits per heavy atom. The summed E-state index contributed by atoms with van der Waals surface area (Å²) >= 11 is 20.4. The molecule has 1 atom stereocenters. The number of nitrogens with zero attached hydrogens (tertiary/aromatic N) is 3. The molecule has 3 aromatic carbocycles. The second-order valence-corrected chi connectivity index (χ2v) is 12.5. The fourth-order valence-electron chi connectivity index (χ4n) is 5.27. The van der Waals surface area contributed by atoms with Crippen molar-refractivity contribution in [3.8, 4) is 5.75 Å². The van der Waals surface area contributed by atoms with Gasteiger partial charge in [-0.2, -0.15) is 0 Å². The predicted octanol–water partition coefficient (Wildman–Crippen LogP) is 7.18. The van der Waals surface area contributed by atoms with Crippen molar-refractivity contribution in [2.75, 3.05) is 24.6 Å². The number of allylic oxidation sites excluding steroid dienone is 1. The number of rotatable bonds is 10. The van der Waals surface area contributed by atoms with E-state index >= 15 is 0 Å². The number of halogens is 3. The normalized spacial score (nSPS) is 14.6. The number of ether oxygens (including phenoxy) is 2. The van der Waals surface area contributed by atoms with Crippen molar-refractivity contribution in [3.63, 3.8) is 0 Å². The van der Waals surface area contributed by atoms with Gasteiger partial charge in [0.15, 0.2) is 4.80 Å². The Morgan fingerprint density at radius 1 is 1.02 bits per heavy atom. The van der Waals surface area contributed by atoms with Gasteiger partial charge in [0.2, 0.25) is 0 Å². The Hall–Kier alpha value is -3.56. The van der Waals surface area contributed by atoms with Crippen LogP contribution in [0.15, 0.2) is 81.7 Å². The molecule has 5 rings (SSSR count). The molecule has 0 saturated carbocycles. The minimum Gasteiger partial charge on any atom is -0.488 e. The zero-order valence-electron chi connectivity index (χ0n) is 25.3. The summed E-state index contributed by atoms with van der Waals surface area (Å²) in [5, 5.41) is 1.47. The van der Waals surface area contributed by atoms with Crippen molar-refractivity contribution in [1.29, 1.82) is 0 Å². The summed E-state index contributed by atoms with van der Waals surface area (Å²) in [5.41, 5.74) is 3.52. The maximum Gasteiger partial charge on any atom is 0.338 e. The van der Waals surface area contributed by atoms with Gasteiger partial charge in [0.1, 0.15) is 18.4 Å². The second-order valence-electron chi connectivity index (χ2n) is 10.2. The third-order valence-electron chi connectivity index (χ3n) is 7.53. The topological polar surface area (TPSA) is 73.1 Å². The molecule has 11 heteroatoms. The van der Waals surface area contributed by atoms with E-state index in [9.17, 15) is 9.59 Å². The molecule has 0 spiro atoms. The van der Waals surface area contributed by atoms with E-state index < -0.39 is 12.0 Å². The first-order chi connectivity index (χ1) is 21.7. The molecule has 0 unspecified atom stereocenters. The molecule has 0 amide bonds. The molecule has 4 aromatic rings. The Morgan fingerprint density at radius 2 is 1.78 bits per heavy atom. The lowest BCUT2D eigenvalue weighted by atomic mass is 9.96. The van der Waals surface area contributed by atoms with Gasteiger partial charge in [-0.25, -0.2) is 9.79 Å². The summed E-state index contributed by atoms with van der Waals surface area (Å²) in [6, 6.07) is 17.5. The lowest BCUT2D eigenvalue weighted by Gasteiger charge is -2.25. The monoisotopic (exact) mass is 683 g/mol. The highest BCUT2D eigenvalue weighted by atomic mass is 35.5. The van der Waals surface area contributed by atoms with Gasteiger partial charge in [0, 0.05) is 51.0 Å². The number of aromatic nitrogens is 1. The zero-order chi connectivity index (χ0) is 32.2. The van der Waals surface area contributed by atoms with Crippen molar-refractivity contribution < 1.29 is 14.3 Å². The Labute approximate surface area is 280 Å². The van der Waals surface area contributed by atoms with Crippen molar-refractivity contribution >= 4 is 63.9 Å². The van der Waals surface area contributed by atoms with Gasteiger partial charge >= 0.3 is 5.97 Å². The fraction of sp³-hybridized carbons (Fsp3) is 0.265. The van der Waals surface area contributed by atoms with Gasteiger partial charge in [0.25, 0.3) is 5.56 Å². The molecule has 7 nitrogen and oxygen atoms in total. The van der Waals surface area contributed by atoms with Crippen LogP contribution >= 0.6 is 46.1 Å². The minimum atomic E-state index is -0.802. The maximum atomic E-state index is 14.2. The summed E-state index contributed by atoms with van der Waals surface area (Å²) in [4.78, 5) is 34.7. The average Bonchev–Trinajstić information content (AvgIpc) is 3.31. The van der Waals surface area contributed by atoms with Crippen LogP contribution in [-0.2, 0) is 16.1 Å². The Bertz CT molecular complexity index is 1960. The molecule has 45 heavy (non-hydrogen) atoms. The van der Waals surface area contributed by atoms with Crippen LogP contribution in [0.1, 0.15) is 50.4 Å². The SMILES string of the molecule is CCOC(=O)C1=C(C)N=c2s/c(=C\c3ccc(N(CC)CC)cc3OCc3ccc(Cl)cc3Cl)c(=O)n2[C@H]1c1ccccc1Cl. The lowest BCUT2D eigenvalue weighted by molar-refractivity contribution is -0.139. The Balaban J connectivity index is 1.65. The van der Waals surface area contributed by atoms with E-state index in [1.165, 1.54) is 15.9 Å². The highest BCUT2D eigenvalue weighted by Gasteiger charge is 2.34. The minimum absolute atomic E-state index is 0.183. The second kappa shape index (κ2) is 14.3. The van der Waals surface area contributed by atoms with Gasteiger partial charge in [-0.15, -0.1) is 0 Å². The molecule has 0 N–H and O–H groups in total. The van der Waals surface area contributed by atoms with Crippen LogP contribution in [-0.4, -0.2) is 30.2 Å². The number of carbonyl (C=O) groups excluding carboxylic acids is 1. The number of carbonyl (C=O) groups is 1. The molecule has 0 saturated heterocycles. The summed E-state index contributed by atoms with van der Waals surface area (Å²) < 4.78 is 13.7. The zero-order valence-corrected chi connectivity index (χ0v) is 28.4. The number of fused-ring (bicyclic) bond motifs is 1. The van der Waals surface area contributed by atoms with E-state index in [-0.39, 0.29) is 24.3 Å². The van der Waals surface area contributed by atoms with Crippen LogP contribution in [0.4, 0.5) is 5.69 Å². The predicted molar refractivity (Wildman–Crippen MR) is 183 cm³/mol. The van der Waals surface area contributed by atoms with Crippen LogP contribution < -0.4 is 24.5 Å². The number of esters is 1. The molecule has 2 heterocycles. The molecule has 0 aliphatic carbocycles. The smallest absolute Gasteiger partial charge is 0.338 e. The summed E-state index contributed by atoms with van der Waals surface area (Å²) in [7, 11) is 0.